The van der Waals surface area contributed by atoms with E-state index < -0.39 is 0 Å². The summed E-state index contributed by atoms with van der Waals surface area (Å²) in [6.07, 6.45) is 1.00. The lowest BCUT2D eigenvalue weighted by Crippen LogP contribution is -2.34. The summed E-state index contributed by atoms with van der Waals surface area (Å²) < 4.78 is 5.11. The van der Waals surface area contributed by atoms with E-state index in [1.165, 1.54) is 5.69 Å². The fourth-order valence-electron chi connectivity index (χ4n) is 1.42. The summed E-state index contributed by atoms with van der Waals surface area (Å²) in [7, 11) is 3.73. The molecular formula is C12H20N2O. The molecular weight excluding hydrogens is 188 g/mol. The topological polar surface area (TPSA) is 38.5 Å². The van der Waals surface area contributed by atoms with Crippen LogP contribution in [0.1, 0.15) is 13.3 Å². The molecule has 3 heteroatoms. The highest BCUT2D eigenvalue weighted by Crippen LogP contribution is 2.18. The van der Waals surface area contributed by atoms with Gasteiger partial charge in [-0.05, 0) is 30.7 Å². The molecule has 0 saturated heterocycles. The smallest absolute Gasteiger partial charge is 0.119 e. The molecule has 0 aromatic heterocycles. The Morgan fingerprint density at radius 3 is 2.40 bits per heavy atom. The van der Waals surface area contributed by atoms with Crippen molar-refractivity contribution in [3.05, 3.63) is 24.3 Å². The highest BCUT2D eigenvalue weighted by molar-refractivity contribution is 5.48. The van der Waals surface area contributed by atoms with Gasteiger partial charge in [-0.15, -0.1) is 0 Å². The Bertz CT molecular complexity index is 284. The monoisotopic (exact) mass is 208 g/mol. The van der Waals surface area contributed by atoms with E-state index in [1.807, 2.05) is 24.3 Å². The number of benzene rings is 1. The molecule has 1 aromatic carbocycles. The summed E-state index contributed by atoms with van der Waals surface area (Å²) in [6.45, 7) is 2.98. The first-order valence-electron chi connectivity index (χ1n) is 5.28. The average molecular weight is 208 g/mol. The van der Waals surface area contributed by atoms with E-state index >= 15 is 0 Å². The van der Waals surface area contributed by atoms with Crippen LogP contribution >= 0.6 is 0 Å². The van der Waals surface area contributed by atoms with Gasteiger partial charge in [-0.25, -0.2) is 0 Å². The standard InChI is InChI=1S/C12H20N2O/c1-4-10(13)9-14(2)11-5-7-12(15-3)8-6-11/h5-8,10H,4,9,13H2,1-3H3. The van der Waals surface area contributed by atoms with E-state index in [0.29, 0.717) is 0 Å². The largest absolute Gasteiger partial charge is 0.497 e. The molecule has 0 aliphatic rings. The van der Waals surface area contributed by atoms with Gasteiger partial charge in [-0.3, -0.25) is 0 Å². The molecule has 1 rings (SSSR count). The number of anilines is 1. The molecule has 84 valence electrons. The maximum Gasteiger partial charge on any atom is 0.119 e. The molecule has 0 saturated carbocycles. The minimum absolute atomic E-state index is 0.233. The van der Waals surface area contributed by atoms with E-state index in [-0.39, 0.29) is 6.04 Å². The molecule has 0 bridgehead atoms. The molecule has 1 unspecified atom stereocenters. The zero-order valence-corrected chi connectivity index (χ0v) is 9.73. The quantitative estimate of drug-likeness (QED) is 0.802. The van der Waals surface area contributed by atoms with Crippen molar-refractivity contribution in [2.75, 3.05) is 25.6 Å². The van der Waals surface area contributed by atoms with Gasteiger partial charge < -0.3 is 15.4 Å². The molecule has 1 atom stereocenters. The Kier molecular flexibility index (Phi) is 4.43. The van der Waals surface area contributed by atoms with Crippen LogP contribution in [0, 0.1) is 0 Å². The van der Waals surface area contributed by atoms with Gasteiger partial charge in [-0.1, -0.05) is 6.92 Å². The number of nitrogens with two attached hydrogens (primary N) is 1. The average Bonchev–Trinajstić information content (AvgIpc) is 2.29. The van der Waals surface area contributed by atoms with E-state index in [0.717, 1.165) is 18.7 Å². The molecule has 15 heavy (non-hydrogen) atoms. The van der Waals surface area contributed by atoms with Crippen molar-refractivity contribution < 1.29 is 4.74 Å². The number of hydrogen-bond donors (Lipinski definition) is 1. The van der Waals surface area contributed by atoms with Gasteiger partial charge in [0.15, 0.2) is 0 Å². The first-order valence-corrected chi connectivity index (χ1v) is 5.28. The third-order valence-corrected chi connectivity index (χ3v) is 2.55. The Hall–Kier alpha value is -1.22. The molecule has 1 aromatic rings. The molecule has 0 aliphatic heterocycles. The number of hydrogen-bond acceptors (Lipinski definition) is 3. The second-order valence-corrected chi connectivity index (χ2v) is 3.75. The van der Waals surface area contributed by atoms with E-state index in [2.05, 4.69) is 18.9 Å². The van der Waals surface area contributed by atoms with Crippen LogP contribution in [0.25, 0.3) is 0 Å². The zero-order chi connectivity index (χ0) is 11.3. The van der Waals surface area contributed by atoms with Gasteiger partial charge in [-0.2, -0.15) is 0 Å². The van der Waals surface area contributed by atoms with E-state index in [1.54, 1.807) is 7.11 Å². The summed E-state index contributed by atoms with van der Waals surface area (Å²) in [5.74, 6) is 0.881. The third kappa shape index (κ3) is 3.44. The molecule has 3 nitrogen and oxygen atoms in total. The minimum Gasteiger partial charge on any atom is -0.497 e. The fourth-order valence-corrected chi connectivity index (χ4v) is 1.42. The SMILES string of the molecule is CCC(N)CN(C)c1ccc(OC)cc1. The van der Waals surface area contributed by atoms with Gasteiger partial charge in [0.1, 0.15) is 5.75 Å². The van der Waals surface area contributed by atoms with Crippen molar-refractivity contribution in [1.82, 2.24) is 0 Å². The second-order valence-electron chi connectivity index (χ2n) is 3.75. The van der Waals surface area contributed by atoms with Gasteiger partial charge in [0.2, 0.25) is 0 Å². The van der Waals surface area contributed by atoms with Gasteiger partial charge >= 0.3 is 0 Å². The molecule has 0 radical (unpaired) electrons. The zero-order valence-electron chi connectivity index (χ0n) is 9.73. The predicted molar refractivity (Wildman–Crippen MR) is 64.5 cm³/mol. The summed E-state index contributed by atoms with van der Waals surface area (Å²) in [5, 5.41) is 0. The summed E-state index contributed by atoms with van der Waals surface area (Å²) >= 11 is 0. The fraction of sp³-hybridized carbons (Fsp3) is 0.500. The Morgan fingerprint density at radius 2 is 1.93 bits per heavy atom. The summed E-state index contributed by atoms with van der Waals surface area (Å²) in [6, 6.07) is 8.24. The summed E-state index contributed by atoms with van der Waals surface area (Å²) in [5.41, 5.74) is 7.07. The van der Waals surface area contributed by atoms with Crippen LogP contribution in [0.15, 0.2) is 24.3 Å². The van der Waals surface area contributed by atoms with Crippen LogP contribution in [0.4, 0.5) is 5.69 Å². The van der Waals surface area contributed by atoms with Gasteiger partial charge in [0, 0.05) is 25.3 Å². The van der Waals surface area contributed by atoms with E-state index in [4.69, 9.17) is 10.5 Å². The lowest BCUT2D eigenvalue weighted by atomic mass is 10.2. The number of ether oxygens (including phenoxy) is 1. The van der Waals surface area contributed by atoms with Crippen LogP contribution in [0.3, 0.4) is 0 Å². The van der Waals surface area contributed by atoms with Crippen molar-refractivity contribution in [1.29, 1.82) is 0 Å². The lowest BCUT2D eigenvalue weighted by Gasteiger charge is -2.22. The number of likely N-dealkylation sites (N-methyl/N-ethyl adjacent to an activating group) is 1. The second kappa shape index (κ2) is 5.61. The number of methoxy groups -OCH3 is 1. The molecule has 0 fully saturated rings. The Morgan fingerprint density at radius 1 is 1.33 bits per heavy atom. The third-order valence-electron chi connectivity index (χ3n) is 2.55. The van der Waals surface area contributed by atoms with Crippen molar-refractivity contribution in [2.45, 2.75) is 19.4 Å². The number of rotatable bonds is 5. The van der Waals surface area contributed by atoms with Crippen LogP contribution < -0.4 is 15.4 Å². The molecule has 2 N–H and O–H groups in total. The van der Waals surface area contributed by atoms with Crippen LogP contribution in [0.2, 0.25) is 0 Å². The van der Waals surface area contributed by atoms with Crippen molar-refractivity contribution in [2.24, 2.45) is 5.73 Å². The predicted octanol–water partition coefficient (Wildman–Crippen LogP) is 1.87. The molecule has 0 aliphatic carbocycles. The molecule has 0 spiro atoms. The van der Waals surface area contributed by atoms with Crippen molar-refractivity contribution in [3.8, 4) is 5.75 Å². The van der Waals surface area contributed by atoms with Crippen LogP contribution in [0.5, 0.6) is 5.75 Å². The summed E-state index contributed by atoms with van der Waals surface area (Å²) in [4.78, 5) is 2.16. The van der Waals surface area contributed by atoms with Crippen LogP contribution in [-0.2, 0) is 0 Å². The maximum absolute atomic E-state index is 5.90. The minimum atomic E-state index is 0.233. The van der Waals surface area contributed by atoms with E-state index in [9.17, 15) is 0 Å². The van der Waals surface area contributed by atoms with Gasteiger partial charge in [0.05, 0.1) is 7.11 Å². The maximum atomic E-state index is 5.90. The first kappa shape index (κ1) is 11.9. The highest BCUT2D eigenvalue weighted by Gasteiger charge is 2.05. The highest BCUT2D eigenvalue weighted by atomic mass is 16.5. The van der Waals surface area contributed by atoms with Gasteiger partial charge in [0.25, 0.3) is 0 Å². The van der Waals surface area contributed by atoms with Crippen molar-refractivity contribution >= 4 is 5.69 Å². The normalized spacial score (nSPS) is 12.3. The molecule has 0 amide bonds. The first-order chi connectivity index (χ1) is 7.17. The Labute approximate surface area is 91.8 Å². The van der Waals surface area contributed by atoms with Crippen molar-refractivity contribution in [3.63, 3.8) is 0 Å². The molecule has 0 heterocycles. The Balaban J connectivity index is 2.61. The number of nitrogens with zero attached hydrogens (tertiary/aromatic N) is 1. The van der Waals surface area contributed by atoms with Crippen LogP contribution in [-0.4, -0.2) is 26.7 Å². The lowest BCUT2D eigenvalue weighted by molar-refractivity contribution is 0.415.